The van der Waals surface area contributed by atoms with Crippen molar-refractivity contribution in [3.63, 3.8) is 0 Å². The zero-order valence-electron chi connectivity index (χ0n) is 17.1. The van der Waals surface area contributed by atoms with Crippen molar-refractivity contribution in [2.75, 3.05) is 5.32 Å². The van der Waals surface area contributed by atoms with Gasteiger partial charge in [-0.2, -0.15) is 4.68 Å². The predicted molar refractivity (Wildman–Crippen MR) is 108 cm³/mol. The molecular weight excluding hydrogens is 373 g/mol. The maximum absolute atomic E-state index is 14.2. The minimum absolute atomic E-state index is 0.152. The first-order chi connectivity index (χ1) is 13.8. The van der Waals surface area contributed by atoms with Crippen LogP contribution in [0.3, 0.4) is 0 Å². The summed E-state index contributed by atoms with van der Waals surface area (Å²) < 4.78 is 21.2. The van der Waals surface area contributed by atoms with E-state index in [0.717, 1.165) is 5.56 Å². The number of benzene rings is 2. The van der Waals surface area contributed by atoms with E-state index in [-0.39, 0.29) is 11.6 Å². The summed E-state index contributed by atoms with van der Waals surface area (Å²) in [5.74, 6) is 0.634. The van der Waals surface area contributed by atoms with Gasteiger partial charge in [0.1, 0.15) is 17.3 Å². The molecule has 0 aliphatic heterocycles. The van der Waals surface area contributed by atoms with Gasteiger partial charge in [0, 0.05) is 5.69 Å². The molecule has 29 heavy (non-hydrogen) atoms. The van der Waals surface area contributed by atoms with E-state index >= 15 is 0 Å². The molecule has 0 radical (unpaired) electrons. The van der Waals surface area contributed by atoms with Crippen LogP contribution in [0.5, 0.6) is 5.75 Å². The monoisotopic (exact) mass is 397 g/mol. The van der Waals surface area contributed by atoms with Gasteiger partial charge in [-0.05, 0) is 78.6 Å². The summed E-state index contributed by atoms with van der Waals surface area (Å²) in [6.07, 6.45) is -0.734. The molecule has 1 unspecified atom stereocenters. The molecule has 0 saturated carbocycles. The van der Waals surface area contributed by atoms with Crippen molar-refractivity contribution in [1.82, 2.24) is 20.2 Å². The number of aryl methyl sites for hydroxylation is 2. The lowest BCUT2D eigenvalue weighted by Crippen LogP contribution is -2.30. The largest absolute Gasteiger partial charge is 0.481 e. The minimum atomic E-state index is -0.734. The lowest BCUT2D eigenvalue weighted by molar-refractivity contribution is -0.122. The van der Waals surface area contributed by atoms with E-state index in [2.05, 4.69) is 34.7 Å². The molecule has 0 saturated heterocycles. The van der Waals surface area contributed by atoms with Crippen LogP contribution in [0.15, 0.2) is 36.4 Å². The number of carbonyl (C=O) groups excluding carboxylic acids is 1. The average Bonchev–Trinajstić information content (AvgIpc) is 3.08. The molecule has 152 valence electrons. The van der Waals surface area contributed by atoms with Crippen LogP contribution in [0.4, 0.5) is 10.1 Å². The standard InChI is InChI=1S/C21H24FN5O2/c1-12(2)18-8-7-17(10-13(18)3)29-14(4)21(28)23-16-6-9-19(22)20(11-16)27-15(5)24-25-26-27/h6-12,14H,1-5H3,(H,23,28). The number of hydrogen-bond acceptors (Lipinski definition) is 5. The van der Waals surface area contributed by atoms with Crippen molar-refractivity contribution in [3.8, 4) is 11.4 Å². The van der Waals surface area contributed by atoms with Gasteiger partial charge < -0.3 is 10.1 Å². The van der Waals surface area contributed by atoms with Gasteiger partial charge in [-0.3, -0.25) is 4.79 Å². The Hall–Kier alpha value is -3.29. The van der Waals surface area contributed by atoms with E-state index in [0.29, 0.717) is 23.2 Å². The lowest BCUT2D eigenvalue weighted by atomic mass is 9.98. The molecule has 3 rings (SSSR count). The van der Waals surface area contributed by atoms with Crippen molar-refractivity contribution in [1.29, 1.82) is 0 Å². The van der Waals surface area contributed by atoms with Crippen molar-refractivity contribution in [2.45, 2.75) is 46.6 Å². The third-order valence-corrected chi connectivity index (χ3v) is 4.61. The number of ether oxygens (including phenoxy) is 1. The van der Waals surface area contributed by atoms with Crippen molar-refractivity contribution < 1.29 is 13.9 Å². The van der Waals surface area contributed by atoms with Gasteiger partial charge in [-0.1, -0.05) is 19.9 Å². The molecule has 1 atom stereocenters. The quantitative estimate of drug-likeness (QED) is 0.681. The lowest BCUT2D eigenvalue weighted by Gasteiger charge is -2.17. The van der Waals surface area contributed by atoms with Gasteiger partial charge in [0.2, 0.25) is 0 Å². The van der Waals surface area contributed by atoms with Crippen LogP contribution in [0.25, 0.3) is 5.69 Å². The van der Waals surface area contributed by atoms with E-state index in [1.165, 1.54) is 28.4 Å². The normalized spacial score (nSPS) is 12.1. The number of rotatable bonds is 6. The number of nitrogens with one attached hydrogen (secondary N) is 1. The molecule has 1 heterocycles. The summed E-state index contributed by atoms with van der Waals surface area (Å²) in [4.78, 5) is 12.5. The highest BCUT2D eigenvalue weighted by Crippen LogP contribution is 2.24. The fourth-order valence-electron chi connectivity index (χ4n) is 3.08. The SMILES string of the molecule is Cc1cc(OC(C)C(=O)Nc2ccc(F)c(-n3nnnc3C)c2)ccc1C(C)C. The number of tetrazole rings is 1. The van der Waals surface area contributed by atoms with E-state index in [9.17, 15) is 9.18 Å². The number of anilines is 1. The van der Waals surface area contributed by atoms with Crippen LogP contribution in [0.2, 0.25) is 0 Å². The molecule has 0 spiro atoms. The number of halogens is 1. The zero-order valence-corrected chi connectivity index (χ0v) is 17.1. The summed E-state index contributed by atoms with van der Waals surface area (Å²) in [6.45, 7) is 9.61. The fraction of sp³-hybridized carbons (Fsp3) is 0.333. The number of carbonyl (C=O) groups is 1. The molecule has 8 heteroatoms. The molecule has 0 bridgehead atoms. The summed E-state index contributed by atoms with van der Waals surface area (Å²) in [5.41, 5.74) is 2.93. The van der Waals surface area contributed by atoms with Crippen LogP contribution in [-0.4, -0.2) is 32.2 Å². The van der Waals surface area contributed by atoms with E-state index in [1.807, 2.05) is 25.1 Å². The number of aromatic nitrogens is 4. The number of amides is 1. The Morgan fingerprint density at radius 1 is 1.14 bits per heavy atom. The first-order valence-corrected chi connectivity index (χ1v) is 9.39. The molecule has 1 N–H and O–H groups in total. The third kappa shape index (κ3) is 4.59. The zero-order chi connectivity index (χ0) is 21.1. The van der Waals surface area contributed by atoms with Crippen LogP contribution < -0.4 is 10.1 Å². The highest BCUT2D eigenvalue weighted by molar-refractivity contribution is 5.94. The fourth-order valence-corrected chi connectivity index (χ4v) is 3.08. The Morgan fingerprint density at radius 2 is 1.90 bits per heavy atom. The third-order valence-electron chi connectivity index (χ3n) is 4.61. The van der Waals surface area contributed by atoms with Crippen LogP contribution in [0.1, 0.15) is 43.6 Å². The average molecular weight is 397 g/mol. The smallest absolute Gasteiger partial charge is 0.265 e. The molecule has 3 aromatic rings. The highest BCUT2D eigenvalue weighted by Gasteiger charge is 2.17. The van der Waals surface area contributed by atoms with Gasteiger partial charge in [-0.25, -0.2) is 4.39 Å². The number of hydrogen-bond donors (Lipinski definition) is 1. The maximum atomic E-state index is 14.2. The molecule has 1 aromatic heterocycles. The second-order valence-electron chi connectivity index (χ2n) is 7.23. The van der Waals surface area contributed by atoms with E-state index in [1.54, 1.807) is 13.8 Å². The van der Waals surface area contributed by atoms with E-state index in [4.69, 9.17) is 4.74 Å². The Morgan fingerprint density at radius 3 is 2.52 bits per heavy atom. The van der Waals surface area contributed by atoms with Gasteiger partial charge in [0.15, 0.2) is 11.9 Å². The highest BCUT2D eigenvalue weighted by atomic mass is 19.1. The van der Waals surface area contributed by atoms with Gasteiger partial charge in [-0.15, -0.1) is 5.10 Å². The van der Waals surface area contributed by atoms with Crippen LogP contribution in [-0.2, 0) is 4.79 Å². The summed E-state index contributed by atoms with van der Waals surface area (Å²) in [5, 5.41) is 13.8. The number of nitrogens with zero attached hydrogens (tertiary/aromatic N) is 4. The second-order valence-corrected chi connectivity index (χ2v) is 7.23. The van der Waals surface area contributed by atoms with Gasteiger partial charge in [0.05, 0.1) is 0 Å². The van der Waals surface area contributed by atoms with Crippen molar-refractivity contribution >= 4 is 11.6 Å². The summed E-state index contributed by atoms with van der Waals surface area (Å²) >= 11 is 0. The van der Waals surface area contributed by atoms with Crippen molar-refractivity contribution in [2.24, 2.45) is 0 Å². The molecule has 0 aliphatic rings. The predicted octanol–water partition coefficient (Wildman–Crippen LogP) is 3.95. The molecule has 1 amide bonds. The topological polar surface area (TPSA) is 81.9 Å². The van der Waals surface area contributed by atoms with E-state index < -0.39 is 11.9 Å². The maximum Gasteiger partial charge on any atom is 0.265 e. The Bertz CT molecular complexity index is 1030. The summed E-state index contributed by atoms with van der Waals surface area (Å²) in [6, 6.07) is 10.0. The minimum Gasteiger partial charge on any atom is -0.481 e. The van der Waals surface area contributed by atoms with Crippen molar-refractivity contribution in [3.05, 3.63) is 59.2 Å². The Balaban J connectivity index is 1.72. The second kappa shape index (κ2) is 8.38. The van der Waals surface area contributed by atoms with Crippen LogP contribution in [0, 0.1) is 19.7 Å². The van der Waals surface area contributed by atoms with Gasteiger partial charge in [0.25, 0.3) is 5.91 Å². The molecule has 0 fully saturated rings. The van der Waals surface area contributed by atoms with Crippen LogP contribution >= 0.6 is 0 Å². The first kappa shape index (κ1) is 20.4. The van der Waals surface area contributed by atoms with Gasteiger partial charge >= 0.3 is 0 Å². The molecular formula is C21H24FN5O2. The summed E-state index contributed by atoms with van der Waals surface area (Å²) in [7, 11) is 0. The first-order valence-electron chi connectivity index (χ1n) is 9.39. The Labute approximate surface area is 168 Å². The molecule has 7 nitrogen and oxygen atoms in total. The Kier molecular flexibility index (Phi) is 5.91. The molecule has 2 aromatic carbocycles. The molecule has 0 aliphatic carbocycles.